The second-order valence-corrected chi connectivity index (χ2v) is 7.60. The Morgan fingerprint density at radius 1 is 1.13 bits per heavy atom. The van der Waals surface area contributed by atoms with Crippen LogP contribution in [0.4, 0.5) is 10.1 Å². The van der Waals surface area contributed by atoms with E-state index in [1.165, 1.54) is 6.07 Å². The molecule has 3 aromatic carbocycles. The molecule has 0 spiro atoms. The van der Waals surface area contributed by atoms with Crippen LogP contribution in [0.25, 0.3) is 0 Å². The van der Waals surface area contributed by atoms with Crippen LogP contribution in [0.1, 0.15) is 39.5 Å². The van der Waals surface area contributed by atoms with Gasteiger partial charge in [-0.1, -0.05) is 36.4 Å². The van der Waals surface area contributed by atoms with Gasteiger partial charge in [0.25, 0.3) is 5.91 Å². The van der Waals surface area contributed by atoms with Gasteiger partial charge in [0, 0.05) is 17.8 Å². The number of halogens is 1. The van der Waals surface area contributed by atoms with Crippen molar-refractivity contribution in [3.8, 4) is 5.75 Å². The molecule has 0 saturated heterocycles. The van der Waals surface area contributed by atoms with Crippen molar-refractivity contribution in [1.82, 2.24) is 4.90 Å². The van der Waals surface area contributed by atoms with Crippen molar-refractivity contribution in [1.29, 1.82) is 0 Å². The third kappa shape index (κ3) is 4.28. The van der Waals surface area contributed by atoms with Crippen LogP contribution in [0, 0.1) is 12.7 Å². The second kappa shape index (κ2) is 8.60. The number of ether oxygens (including phenoxy) is 1. The molecular weight excluding hydrogens is 395 g/mol. The molecule has 0 bridgehead atoms. The Morgan fingerprint density at radius 2 is 1.87 bits per heavy atom. The first-order chi connectivity index (χ1) is 15.0. The van der Waals surface area contributed by atoms with Crippen molar-refractivity contribution >= 4 is 17.5 Å². The molecule has 0 aromatic heterocycles. The summed E-state index contributed by atoms with van der Waals surface area (Å²) in [6, 6.07) is 18.9. The summed E-state index contributed by atoms with van der Waals surface area (Å²) >= 11 is 0. The second-order valence-electron chi connectivity index (χ2n) is 7.60. The molecule has 5 nitrogen and oxygen atoms in total. The van der Waals surface area contributed by atoms with Gasteiger partial charge in [-0.2, -0.15) is 0 Å². The van der Waals surface area contributed by atoms with Crippen molar-refractivity contribution in [3.05, 3.63) is 94.8 Å². The fourth-order valence-corrected chi connectivity index (χ4v) is 3.82. The predicted octanol–water partition coefficient (Wildman–Crippen LogP) is 4.87. The van der Waals surface area contributed by atoms with Crippen molar-refractivity contribution < 1.29 is 18.7 Å². The summed E-state index contributed by atoms with van der Waals surface area (Å²) in [6.45, 7) is 2.09. The molecule has 31 heavy (non-hydrogen) atoms. The maximum Gasteiger partial charge on any atom is 0.255 e. The Morgan fingerprint density at radius 3 is 2.55 bits per heavy atom. The molecule has 3 aromatic rings. The minimum Gasteiger partial charge on any atom is -0.497 e. The molecule has 2 amide bonds. The predicted molar refractivity (Wildman–Crippen MR) is 116 cm³/mol. The molecule has 158 valence electrons. The van der Waals surface area contributed by atoms with Gasteiger partial charge in [0.15, 0.2) is 0 Å². The van der Waals surface area contributed by atoms with Gasteiger partial charge in [-0.15, -0.1) is 0 Å². The van der Waals surface area contributed by atoms with E-state index in [9.17, 15) is 14.0 Å². The normalized spacial score (nSPS) is 13.6. The number of fused-ring (bicyclic) bond motifs is 1. The maximum atomic E-state index is 13.9. The van der Waals surface area contributed by atoms with Crippen LogP contribution in [-0.2, 0) is 11.3 Å². The maximum absolute atomic E-state index is 13.9. The highest BCUT2D eigenvalue weighted by atomic mass is 19.1. The van der Waals surface area contributed by atoms with Gasteiger partial charge in [0.2, 0.25) is 5.91 Å². The number of methoxy groups -OCH3 is 1. The van der Waals surface area contributed by atoms with Gasteiger partial charge in [-0.05, 0) is 53.9 Å². The molecule has 1 atom stereocenters. The van der Waals surface area contributed by atoms with Crippen LogP contribution in [-0.4, -0.2) is 23.8 Å². The topological polar surface area (TPSA) is 58.6 Å². The van der Waals surface area contributed by atoms with Crippen LogP contribution >= 0.6 is 0 Å². The third-order valence-electron chi connectivity index (χ3n) is 5.56. The van der Waals surface area contributed by atoms with Gasteiger partial charge < -0.3 is 15.0 Å². The number of rotatable bonds is 6. The Labute approximate surface area is 180 Å². The number of amides is 2. The van der Waals surface area contributed by atoms with Crippen LogP contribution in [0.3, 0.4) is 0 Å². The molecule has 4 rings (SSSR count). The van der Waals surface area contributed by atoms with Crippen LogP contribution in [0.5, 0.6) is 5.75 Å². The molecule has 6 heteroatoms. The first kappa shape index (κ1) is 20.6. The van der Waals surface area contributed by atoms with Crippen molar-refractivity contribution in [3.63, 3.8) is 0 Å². The average molecular weight is 418 g/mol. The van der Waals surface area contributed by atoms with E-state index in [0.717, 1.165) is 11.1 Å². The molecule has 0 saturated carbocycles. The largest absolute Gasteiger partial charge is 0.497 e. The molecule has 1 aliphatic heterocycles. The van der Waals surface area contributed by atoms with E-state index in [1.54, 1.807) is 37.1 Å². The molecule has 0 aliphatic carbocycles. The minimum atomic E-state index is -0.471. The number of carbonyl (C=O) groups excluding carboxylic acids is 2. The fraction of sp³-hybridized carbons (Fsp3) is 0.200. The van der Waals surface area contributed by atoms with E-state index in [-0.39, 0.29) is 24.1 Å². The highest BCUT2D eigenvalue weighted by Gasteiger charge is 2.34. The SMILES string of the molecule is COc1ccc([C@H](CC(=O)Nc2ccc(C)c(F)c2)N2Cc3ccccc3C2=O)cc1. The first-order valence-electron chi connectivity index (χ1n) is 10.0. The van der Waals surface area contributed by atoms with E-state index < -0.39 is 6.04 Å². The molecular formula is C25H23FN2O3. The zero-order valence-corrected chi connectivity index (χ0v) is 17.4. The zero-order valence-electron chi connectivity index (χ0n) is 17.4. The van der Waals surface area contributed by atoms with Gasteiger partial charge >= 0.3 is 0 Å². The lowest BCUT2D eigenvalue weighted by Gasteiger charge is -2.28. The Balaban J connectivity index is 1.60. The summed E-state index contributed by atoms with van der Waals surface area (Å²) in [6.07, 6.45) is 0.0432. The number of nitrogens with zero attached hydrogens (tertiary/aromatic N) is 1. The number of hydrogen-bond donors (Lipinski definition) is 1. The third-order valence-corrected chi connectivity index (χ3v) is 5.56. The highest BCUT2D eigenvalue weighted by Crippen LogP contribution is 2.34. The number of anilines is 1. The number of hydrogen-bond acceptors (Lipinski definition) is 3. The lowest BCUT2D eigenvalue weighted by Crippen LogP contribution is -2.32. The van der Waals surface area contributed by atoms with E-state index in [0.29, 0.717) is 29.1 Å². The molecule has 0 fully saturated rings. The van der Waals surface area contributed by atoms with E-state index in [1.807, 2.05) is 42.5 Å². The Hall–Kier alpha value is -3.67. The van der Waals surface area contributed by atoms with Gasteiger partial charge in [-0.25, -0.2) is 4.39 Å². The summed E-state index contributed by atoms with van der Waals surface area (Å²) in [5.41, 5.74) is 3.31. The molecule has 0 unspecified atom stereocenters. The smallest absolute Gasteiger partial charge is 0.255 e. The molecule has 1 heterocycles. The van der Waals surface area contributed by atoms with Crippen LogP contribution in [0.15, 0.2) is 66.7 Å². The monoisotopic (exact) mass is 418 g/mol. The van der Waals surface area contributed by atoms with Crippen LogP contribution in [0.2, 0.25) is 0 Å². The van der Waals surface area contributed by atoms with E-state index in [2.05, 4.69) is 5.32 Å². The summed E-state index contributed by atoms with van der Waals surface area (Å²) in [7, 11) is 1.58. The van der Waals surface area contributed by atoms with Gasteiger partial charge in [0.05, 0.1) is 19.6 Å². The van der Waals surface area contributed by atoms with Gasteiger partial charge in [-0.3, -0.25) is 9.59 Å². The van der Waals surface area contributed by atoms with Gasteiger partial charge in [0.1, 0.15) is 11.6 Å². The van der Waals surface area contributed by atoms with Crippen molar-refractivity contribution in [2.45, 2.75) is 25.9 Å². The standard InChI is InChI=1S/C25H23FN2O3/c1-16-7-10-19(13-22(16)26)27-24(29)14-23(17-8-11-20(31-2)12-9-17)28-15-18-5-3-4-6-21(18)25(28)30/h3-13,23H,14-15H2,1-2H3,(H,27,29)/t23-/m0/s1. The Kier molecular flexibility index (Phi) is 5.71. The highest BCUT2D eigenvalue weighted by molar-refractivity contribution is 5.99. The molecule has 1 N–H and O–H groups in total. The van der Waals surface area contributed by atoms with E-state index >= 15 is 0 Å². The number of aryl methyl sites for hydroxylation is 1. The first-order valence-corrected chi connectivity index (χ1v) is 10.0. The number of carbonyl (C=O) groups is 2. The quantitative estimate of drug-likeness (QED) is 0.621. The Bertz CT molecular complexity index is 1130. The molecule has 1 aliphatic rings. The van der Waals surface area contributed by atoms with Crippen molar-refractivity contribution in [2.24, 2.45) is 0 Å². The number of benzene rings is 3. The summed E-state index contributed by atoms with van der Waals surface area (Å²) in [5.74, 6) is -0.0915. The average Bonchev–Trinajstić information content (AvgIpc) is 3.11. The lowest BCUT2D eigenvalue weighted by atomic mass is 10.0. The fourth-order valence-electron chi connectivity index (χ4n) is 3.82. The van der Waals surface area contributed by atoms with Crippen LogP contribution < -0.4 is 10.1 Å². The van der Waals surface area contributed by atoms with Crippen molar-refractivity contribution in [2.75, 3.05) is 12.4 Å². The number of nitrogens with one attached hydrogen (secondary N) is 1. The summed E-state index contributed by atoms with van der Waals surface area (Å²) < 4.78 is 19.1. The molecule has 0 radical (unpaired) electrons. The minimum absolute atomic E-state index is 0.0432. The van der Waals surface area contributed by atoms with E-state index in [4.69, 9.17) is 4.74 Å². The lowest BCUT2D eigenvalue weighted by molar-refractivity contribution is -0.117. The summed E-state index contributed by atoms with van der Waals surface area (Å²) in [4.78, 5) is 27.6. The summed E-state index contributed by atoms with van der Waals surface area (Å²) in [5, 5.41) is 2.75. The zero-order chi connectivity index (χ0) is 22.0.